The lowest BCUT2D eigenvalue weighted by Crippen LogP contribution is -2.32. The predicted octanol–water partition coefficient (Wildman–Crippen LogP) is 0.867. The summed E-state index contributed by atoms with van der Waals surface area (Å²) < 4.78 is 5.44. The zero-order valence-corrected chi connectivity index (χ0v) is 9.85. The van der Waals surface area contributed by atoms with Crippen LogP contribution in [0.25, 0.3) is 11.2 Å². The van der Waals surface area contributed by atoms with Gasteiger partial charge in [0.2, 0.25) is 0 Å². The van der Waals surface area contributed by atoms with Gasteiger partial charge in [0, 0.05) is 19.3 Å². The first-order valence-corrected chi connectivity index (χ1v) is 6.03. The van der Waals surface area contributed by atoms with Gasteiger partial charge in [-0.25, -0.2) is 9.97 Å². The third kappa shape index (κ3) is 2.19. The number of carbonyl (C=O) groups is 1. The van der Waals surface area contributed by atoms with E-state index in [1.54, 1.807) is 12.3 Å². The fourth-order valence-electron chi connectivity index (χ4n) is 2.04. The second kappa shape index (κ2) is 4.73. The van der Waals surface area contributed by atoms with Gasteiger partial charge in [-0.3, -0.25) is 4.79 Å². The Morgan fingerprint density at radius 2 is 2.56 bits per heavy atom. The maximum Gasteiger partial charge on any atom is 0.271 e. The number of aromatic amines is 1. The van der Waals surface area contributed by atoms with E-state index < -0.39 is 0 Å². The van der Waals surface area contributed by atoms with Gasteiger partial charge in [0.25, 0.3) is 5.91 Å². The molecule has 0 unspecified atom stereocenters. The number of fused-ring (bicyclic) bond motifs is 1. The van der Waals surface area contributed by atoms with Crippen molar-refractivity contribution in [1.82, 2.24) is 20.3 Å². The van der Waals surface area contributed by atoms with Crippen molar-refractivity contribution in [3.8, 4) is 0 Å². The molecule has 94 valence electrons. The Balaban J connectivity index is 1.67. The number of rotatable bonds is 3. The van der Waals surface area contributed by atoms with Crippen molar-refractivity contribution in [1.29, 1.82) is 0 Å². The van der Waals surface area contributed by atoms with Crippen LogP contribution in [0.3, 0.4) is 0 Å². The fraction of sp³-hybridized carbons (Fsp3) is 0.417. The Morgan fingerprint density at radius 1 is 1.61 bits per heavy atom. The van der Waals surface area contributed by atoms with Crippen LogP contribution >= 0.6 is 0 Å². The molecule has 3 heterocycles. The Bertz CT molecular complexity index is 560. The van der Waals surface area contributed by atoms with E-state index in [0.717, 1.165) is 19.4 Å². The van der Waals surface area contributed by atoms with Crippen molar-refractivity contribution in [2.45, 2.75) is 18.9 Å². The maximum atomic E-state index is 11.9. The molecule has 1 atom stereocenters. The monoisotopic (exact) mass is 246 g/mol. The van der Waals surface area contributed by atoms with Crippen LogP contribution in [0.2, 0.25) is 0 Å². The van der Waals surface area contributed by atoms with Gasteiger partial charge in [0.1, 0.15) is 11.2 Å². The number of hydrogen-bond acceptors (Lipinski definition) is 4. The smallest absolute Gasteiger partial charge is 0.271 e. The molecule has 0 saturated carbocycles. The first-order chi connectivity index (χ1) is 8.83. The predicted molar refractivity (Wildman–Crippen MR) is 65.2 cm³/mol. The summed E-state index contributed by atoms with van der Waals surface area (Å²) in [5.41, 5.74) is 1.71. The van der Waals surface area contributed by atoms with Crippen LogP contribution in [0, 0.1) is 0 Å². The molecular formula is C12H14N4O2. The van der Waals surface area contributed by atoms with Crippen molar-refractivity contribution in [2.75, 3.05) is 13.2 Å². The number of H-pyrrole nitrogens is 1. The molecule has 0 radical (unpaired) electrons. The summed E-state index contributed by atoms with van der Waals surface area (Å²) in [6.45, 7) is 1.32. The minimum atomic E-state index is -0.207. The molecule has 0 aliphatic carbocycles. The number of nitrogens with one attached hydrogen (secondary N) is 2. The van der Waals surface area contributed by atoms with Crippen molar-refractivity contribution in [2.24, 2.45) is 0 Å². The highest BCUT2D eigenvalue weighted by Crippen LogP contribution is 2.11. The van der Waals surface area contributed by atoms with Gasteiger partial charge >= 0.3 is 0 Å². The third-order valence-corrected chi connectivity index (χ3v) is 3.01. The molecule has 18 heavy (non-hydrogen) atoms. The standard InChI is InChI=1S/C12H14N4O2/c17-12(15-6-8-2-1-5-18-8)10-7-14-11-9(16-10)3-4-13-11/h3-4,7-8H,1-2,5-6H2,(H,13,14)(H,15,17)/t8-/m1/s1. The molecule has 1 aliphatic rings. The van der Waals surface area contributed by atoms with Gasteiger partial charge in [0.15, 0.2) is 5.65 Å². The molecule has 2 aromatic rings. The third-order valence-electron chi connectivity index (χ3n) is 3.01. The van der Waals surface area contributed by atoms with Crippen LogP contribution in [0.5, 0.6) is 0 Å². The quantitative estimate of drug-likeness (QED) is 0.842. The Labute approximate surface area is 104 Å². The van der Waals surface area contributed by atoms with E-state index in [0.29, 0.717) is 23.4 Å². The summed E-state index contributed by atoms with van der Waals surface area (Å²) in [6.07, 6.45) is 5.43. The minimum absolute atomic E-state index is 0.137. The zero-order valence-electron chi connectivity index (χ0n) is 9.85. The second-order valence-electron chi connectivity index (χ2n) is 4.31. The molecule has 2 N–H and O–H groups in total. The summed E-state index contributed by atoms with van der Waals surface area (Å²) in [5, 5.41) is 2.82. The summed E-state index contributed by atoms with van der Waals surface area (Å²) in [4.78, 5) is 23.2. The molecule has 0 bridgehead atoms. The molecule has 6 nitrogen and oxygen atoms in total. The lowest BCUT2D eigenvalue weighted by molar-refractivity contribution is 0.0853. The second-order valence-corrected chi connectivity index (χ2v) is 4.31. The average Bonchev–Trinajstić information content (AvgIpc) is 3.05. The molecule has 1 amide bonds. The highest BCUT2D eigenvalue weighted by Gasteiger charge is 2.17. The van der Waals surface area contributed by atoms with E-state index in [1.807, 2.05) is 0 Å². The van der Waals surface area contributed by atoms with Crippen LogP contribution in [-0.4, -0.2) is 40.1 Å². The molecule has 1 aliphatic heterocycles. The van der Waals surface area contributed by atoms with Crippen molar-refractivity contribution in [3.63, 3.8) is 0 Å². The van der Waals surface area contributed by atoms with Crippen molar-refractivity contribution < 1.29 is 9.53 Å². The summed E-state index contributed by atoms with van der Waals surface area (Å²) >= 11 is 0. The SMILES string of the molecule is O=C(NC[C@H]1CCCO1)c1cnc2[nH]ccc2n1. The highest BCUT2D eigenvalue weighted by atomic mass is 16.5. The summed E-state index contributed by atoms with van der Waals surface area (Å²) in [5.74, 6) is -0.207. The number of ether oxygens (including phenoxy) is 1. The Morgan fingerprint density at radius 3 is 3.39 bits per heavy atom. The number of aromatic nitrogens is 3. The van der Waals surface area contributed by atoms with Gasteiger partial charge < -0.3 is 15.0 Å². The van der Waals surface area contributed by atoms with Crippen LogP contribution in [0.15, 0.2) is 18.5 Å². The number of hydrogen-bond donors (Lipinski definition) is 2. The molecule has 3 rings (SSSR count). The molecule has 2 aromatic heterocycles. The van der Waals surface area contributed by atoms with Gasteiger partial charge in [-0.2, -0.15) is 0 Å². The van der Waals surface area contributed by atoms with Crippen LogP contribution in [-0.2, 0) is 4.74 Å². The molecule has 1 saturated heterocycles. The molecule has 6 heteroatoms. The van der Waals surface area contributed by atoms with Gasteiger partial charge in [0.05, 0.1) is 12.3 Å². The Hall–Kier alpha value is -1.95. The van der Waals surface area contributed by atoms with E-state index in [1.165, 1.54) is 6.20 Å². The summed E-state index contributed by atoms with van der Waals surface area (Å²) in [7, 11) is 0. The van der Waals surface area contributed by atoms with E-state index in [2.05, 4.69) is 20.3 Å². The topological polar surface area (TPSA) is 79.9 Å². The first-order valence-electron chi connectivity index (χ1n) is 6.03. The molecule has 0 spiro atoms. The van der Waals surface area contributed by atoms with Crippen LogP contribution in [0.4, 0.5) is 0 Å². The Kier molecular flexibility index (Phi) is 2.93. The van der Waals surface area contributed by atoms with Gasteiger partial charge in [-0.1, -0.05) is 0 Å². The van der Waals surface area contributed by atoms with Gasteiger partial charge in [-0.15, -0.1) is 0 Å². The zero-order chi connectivity index (χ0) is 12.4. The van der Waals surface area contributed by atoms with E-state index in [4.69, 9.17) is 4.74 Å². The largest absolute Gasteiger partial charge is 0.376 e. The normalized spacial score (nSPS) is 19.2. The highest BCUT2D eigenvalue weighted by molar-refractivity contribution is 5.93. The van der Waals surface area contributed by atoms with Crippen LogP contribution < -0.4 is 5.32 Å². The van der Waals surface area contributed by atoms with Gasteiger partial charge in [-0.05, 0) is 18.9 Å². The van der Waals surface area contributed by atoms with E-state index in [9.17, 15) is 4.79 Å². The molecular weight excluding hydrogens is 232 g/mol. The summed E-state index contributed by atoms with van der Waals surface area (Å²) in [6, 6.07) is 1.79. The van der Waals surface area contributed by atoms with E-state index in [-0.39, 0.29) is 12.0 Å². The first kappa shape index (κ1) is 11.2. The number of carbonyl (C=O) groups excluding carboxylic acids is 1. The minimum Gasteiger partial charge on any atom is -0.376 e. The molecule has 0 aromatic carbocycles. The van der Waals surface area contributed by atoms with Crippen LogP contribution in [0.1, 0.15) is 23.3 Å². The molecule has 1 fully saturated rings. The van der Waals surface area contributed by atoms with Crippen molar-refractivity contribution in [3.05, 3.63) is 24.2 Å². The van der Waals surface area contributed by atoms with Crippen molar-refractivity contribution >= 4 is 17.1 Å². The van der Waals surface area contributed by atoms with E-state index >= 15 is 0 Å². The maximum absolute atomic E-state index is 11.9. The fourth-order valence-corrected chi connectivity index (χ4v) is 2.04. The lowest BCUT2D eigenvalue weighted by atomic mass is 10.2. The lowest BCUT2D eigenvalue weighted by Gasteiger charge is -2.10. The average molecular weight is 246 g/mol. The number of amides is 1. The number of nitrogens with zero attached hydrogens (tertiary/aromatic N) is 2.